The molecule has 2 amide bonds. The van der Waals surface area contributed by atoms with E-state index >= 15 is 0 Å². The summed E-state index contributed by atoms with van der Waals surface area (Å²) < 4.78 is 0. The van der Waals surface area contributed by atoms with E-state index in [1.807, 2.05) is 0 Å². The number of carbonyl (C=O) groups is 2. The van der Waals surface area contributed by atoms with Crippen LogP contribution in [0.25, 0.3) is 0 Å². The van der Waals surface area contributed by atoms with Crippen LogP contribution in [0.3, 0.4) is 0 Å². The molecule has 4 nitrogen and oxygen atoms in total. The van der Waals surface area contributed by atoms with Gasteiger partial charge in [-0.15, -0.1) is 0 Å². The summed E-state index contributed by atoms with van der Waals surface area (Å²) in [6, 6.07) is -0.0566. The van der Waals surface area contributed by atoms with E-state index in [4.69, 9.17) is 0 Å². The number of nitrogens with one attached hydrogen (secondary N) is 1. The van der Waals surface area contributed by atoms with Gasteiger partial charge < -0.3 is 10.2 Å². The van der Waals surface area contributed by atoms with E-state index in [0.29, 0.717) is 11.8 Å². The maximum Gasteiger partial charge on any atom is 0.246 e. The van der Waals surface area contributed by atoms with Gasteiger partial charge in [-0.1, -0.05) is 20.8 Å². The first kappa shape index (κ1) is 12.4. The fourth-order valence-electron chi connectivity index (χ4n) is 2.77. The first-order valence-corrected chi connectivity index (χ1v) is 6.64. The third-order valence-corrected chi connectivity index (χ3v) is 3.86. The van der Waals surface area contributed by atoms with Crippen LogP contribution in [0.1, 0.15) is 40.0 Å². The van der Waals surface area contributed by atoms with Crippen molar-refractivity contribution in [2.24, 2.45) is 11.8 Å². The molecule has 1 saturated heterocycles. The van der Waals surface area contributed by atoms with Gasteiger partial charge in [0.15, 0.2) is 0 Å². The molecule has 0 aromatic rings. The van der Waals surface area contributed by atoms with Gasteiger partial charge in [-0.25, -0.2) is 0 Å². The van der Waals surface area contributed by atoms with Crippen LogP contribution in [-0.2, 0) is 9.59 Å². The lowest BCUT2D eigenvalue weighted by Gasteiger charge is -2.39. The molecule has 17 heavy (non-hydrogen) atoms. The zero-order chi connectivity index (χ0) is 12.6. The Bertz CT molecular complexity index is 323. The summed E-state index contributed by atoms with van der Waals surface area (Å²) in [6.45, 7) is 6.54. The summed E-state index contributed by atoms with van der Waals surface area (Å²) in [5.74, 6) is 0.918. The Kier molecular flexibility index (Phi) is 3.40. The molecule has 0 bridgehead atoms. The topological polar surface area (TPSA) is 49.4 Å². The Balaban J connectivity index is 2.14. The van der Waals surface area contributed by atoms with E-state index in [0.717, 1.165) is 19.3 Å². The Morgan fingerprint density at radius 1 is 1.35 bits per heavy atom. The zero-order valence-electron chi connectivity index (χ0n) is 10.9. The highest BCUT2D eigenvalue weighted by Crippen LogP contribution is 2.35. The quantitative estimate of drug-likeness (QED) is 0.799. The van der Waals surface area contributed by atoms with Gasteiger partial charge >= 0.3 is 0 Å². The Morgan fingerprint density at radius 3 is 2.47 bits per heavy atom. The van der Waals surface area contributed by atoms with Crippen molar-refractivity contribution in [3.8, 4) is 0 Å². The van der Waals surface area contributed by atoms with Gasteiger partial charge in [-0.2, -0.15) is 0 Å². The molecule has 0 aromatic carbocycles. The second-order valence-corrected chi connectivity index (χ2v) is 5.57. The maximum absolute atomic E-state index is 12.4. The van der Waals surface area contributed by atoms with E-state index in [1.54, 1.807) is 4.90 Å². The van der Waals surface area contributed by atoms with Crippen LogP contribution in [0.15, 0.2) is 0 Å². The van der Waals surface area contributed by atoms with E-state index in [-0.39, 0.29) is 30.4 Å². The van der Waals surface area contributed by atoms with Gasteiger partial charge in [-0.05, 0) is 31.1 Å². The lowest BCUT2D eigenvalue weighted by molar-refractivity contribution is -0.148. The molecule has 1 saturated carbocycles. The predicted octanol–water partition coefficient (Wildman–Crippen LogP) is 1.16. The molecule has 0 aromatic heterocycles. The molecule has 1 aliphatic carbocycles. The molecule has 1 heterocycles. The second kappa shape index (κ2) is 4.67. The smallest absolute Gasteiger partial charge is 0.246 e. The van der Waals surface area contributed by atoms with Gasteiger partial charge in [0.1, 0.15) is 6.04 Å². The Labute approximate surface area is 103 Å². The summed E-state index contributed by atoms with van der Waals surface area (Å²) >= 11 is 0. The zero-order valence-corrected chi connectivity index (χ0v) is 10.9. The molecule has 96 valence electrons. The summed E-state index contributed by atoms with van der Waals surface area (Å²) in [5, 5.41) is 2.85. The van der Waals surface area contributed by atoms with Gasteiger partial charge in [0.2, 0.25) is 11.8 Å². The number of amides is 2. The number of hydrogen-bond donors (Lipinski definition) is 1. The minimum absolute atomic E-state index is 0.000556. The molecule has 0 spiro atoms. The summed E-state index contributed by atoms with van der Waals surface area (Å²) in [7, 11) is 0. The lowest BCUT2D eigenvalue weighted by atomic mass is 9.97. The molecule has 0 radical (unpaired) electrons. The summed E-state index contributed by atoms with van der Waals surface area (Å²) in [4.78, 5) is 25.9. The second-order valence-electron chi connectivity index (χ2n) is 5.57. The average molecular weight is 238 g/mol. The molecular weight excluding hydrogens is 216 g/mol. The first-order valence-electron chi connectivity index (χ1n) is 6.64. The van der Waals surface area contributed by atoms with Crippen LogP contribution in [0.2, 0.25) is 0 Å². The molecule has 2 aliphatic rings. The fourth-order valence-corrected chi connectivity index (χ4v) is 2.77. The number of piperazine rings is 1. The van der Waals surface area contributed by atoms with Crippen molar-refractivity contribution in [3.63, 3.8) is 0 Å². The van der Waals surface area contributed by atoms with Gasteiger partial charge in [0, 0.05) is 6.04 Å². The van der Waals surface area contributed by atoms with E-state index in [1.165, 1.54) is 0 Å². The van der Waals surface area contributed by atoms with Gasteiger partial charge in [0.05, 0.1) is 6.54 Å². The van der Waals surface area contributed by atoms with Crippen LogP contribution in [0.5, 0.6) is 0 Å². The monoisotopic (exact) mass is 238 g/mol. The van der Waals surface area contributed by atoms with Crippen LogP contribution in [0.4, 0.5) is 0 Å². The Morgan fingerprint density at radius 2 is 2.00 bits per heavy atom. The highest BCUT2D eigenvalue weighted by atomic mass is 16.2. The summed E-state index contributed by atoms with van der Waals surface area (Å²) in [6.07, 6.45) is 3.06. The third-order valence-electron chi connectivity index (χ3n) is 3.86. The van der Waals surface area contributed by atoms with Gasteiger partial charge in [-0.3, -0.25) is 9.59 Å². The van der Waals surface area contributed by atoms with Crippen LogP contribution < -0.4 is 5.32 Å². The van der Waals surface area contributed by atoms with Crippen molar-refractivity contribution in [1.29, 1.82) is 0 Å². The lowest BCUT2D eigenvalue weighted by Crippen LogP contribution is -2.62. The normalized spacial score (nSPS) is 27.3. The highest BCUT2D eigenvalue weighted by molar-refractivity contribution is 5.95. The Hall–Kier alpha value is -1.06. The fraction of sp³-hybridized carbons (Fsp3) is 0.846. The van der Waals surface area contributed by atoms with Crippen molar-refractivity contribution >= 4 is 11.8 Å². The minimum Gasteiger partial charge on any atom is -0.342 e. The largest absolute Gasteiger partial charge is 0.342 e. The van der Waals surface area contributed by atoms with E-state index in [2.05, 4.69) is 26.1 Å². The van der Waals surface area contributed by atoms with Crippen LogP contribution in [-0.4, -0.2) is 35.3 Å². The molecule has 1 aliphatic heterocycles. The summed E-state index contributed by atoms with van der Waals surface area (Å²) in [5.41, 5.74) is 0. The van der Waals surface area contributed by atoms with Crippen LogP contribution in [0, 0.1) is 11.8 Å². The van der Waals surface area contributed by atoms with Crippen molar-refractivity contribution < 1.29 is 9.59 Å². The van der Waals surface area contributed by atoms with E-state index < -0.39 is 0 Å². The molecule has 2 atom stereocenters. The molecule has 2 rings (SSSR count). The maximum atomic E-state index is 12.4. The first-order chi connectivity index (χ1) is 8.04. The number of hydrogen-bond acceptors (Lipinski definition) is 2. The molecule has 2 unspecified atom stereocenters. The standard InChI is InChI=1S/C13H22N2O2/c1-4-10(8(2)3)15-7-11(16)14-12(13(15)17)9-5-6-9/h8-10,12H,4-7H2,1-3H3,(H,14,16). The highest BCUT2D eigenvalue weighted by Gasteiger charge is 2.44. The SMILES string of the molecule is CCC(C(C)C)N1CC(=O)NC(C2CC2)C1=O. The van der Waals surface area contributed by atoms with Crippen molar-refractivity contribution in [2.75, 3.05) is 6.54 Å². The minimum atomic E-state index is -0.246. The molecular formula is C13H22N2O2. The number of carbonyl (C=O) groups excluding carboxylic acids is 2. The third kappa shape index (κ3) is 2.45. The molecule has 2 fully saturated rings. The number of rotatable bonds is 4. The van der Waals surface area contributed by atoms with Crippen molar-refractivity contribution in [1.82, 2.24) is 10.2 Å². The predicted molar refractivity (Wildman–Crippen MR) is 65.3 cm³/mol. The van der Waals surface area contributed by atoms with Crippen molar-refractivity contribution in [3.05, 3.63) is 0 Å². The van der Waals surface area contributed by atoms with E-state index in [9.17, 15) is 9.59 Å². The molecule has 1 N–H and O–H groups in total. The average Bonchev–Trinajstić information content (AvgIpc) is 3.06. The van der Waals surface area contributed by atoms with Crippen LogP contribution >= 0.6 is 0 Å². The number of nitrogens with zero attached hydrogens (tertiary/aromatic N) is 1. The molecule has 4 heteroatoms. The van der Waals surface area contributed by atoms with Gasteiger partial charge in [0.25, 0.3) is 0 Å². The van der Waals surface area contributed by atoms with Crippen molar-refractivity contribution in [2.45, 2.75) is 52.1 Å².